The molecule has 7 nitrogen and oxygen atoms in total. The third-order valence-electron chi connectivity index (χ3n) is 5.12. The van der Waals surface area contributed by atoms with Crippen LogP contribution in [0.3, 0.4) is 0 Å². The minimum absolute atomic E-state index is 0.247. The van der Waals surface area contributed by atoms with Crippen LogP contribution in [0.15, 0.2) is 72.3 Å². The normalized spacial score (nSPS) is 13.9. The molecular weight excluding hydrogens is 388 g/mol. The van der Waals surface area contributed by atoms with Crippen LogP contribution in [0.1, 0.15) is 0 Å². The summed E-state index contributed by atoms with van der Waals surface area (Å²) in [6, 6.07) is 12.6. The number of aryl methyl sites for hydroxylation is 1. The number of hydrogen-bond donors (Lipinski definition) is 0. The number of sulfonamides is 1. The SMILES string of the molecule is Cn1ccc2cc(S(=O)(=O)N3CCOc4ccc(-c5cncnc5)cc43)ccc21. The van der Waals surface area contributed by atoms with Gasteiger partial charge < -0.3 is 9.30 Å². The quantitative estimate of drug-likeness (QED) is 0.522. The zero-order valence-electron chi connectivity index (χ0n) is 15.7. The number of fused-ring (bicyclic) bond motifs is 2. The van der Waals surface area contributed by atoms with Crippen molar-refractivity contribution < 1.29 is 13.2 Å². The van der Waals surface area contributed by atoms with Crippen molar-refractivity contribution in [2.24, 2.45) is 7.05 Å². The number of anilines is 1. The molecule has 2 aromatic heterocycles. The molecular formula is C21H18N4O3S. The molecule has 0 atom stereocenters. The molecule has 0 aliphatic carbocycles. The highest BCUT2D eigenvalue weighted by molar-refractivity contribution is 7.92. The van der Waals surface area contributed by atoms with Gasteiger partial charge in [-0.15, -0.1) is 0 Å². The van der Waals surface area contributed by atoms with E-state index in [9.17, 15) is 8.42 Å². The maximum atomic E-state index is 13.5. The highest BCUT2D eigenvalue weighted by Gasteiger charge is 2.30. The van der Waals surface area contributed by atoms with Crippen LogP contribution in [0.2, 0.25) is 0 Å². The summed E-state index contributed by atoms with van der Waals surface area (Å²) < 4.78 is 36.1. The molecule has 0 saturated carbocycles. The summed E-state index contributed by atoms with van der Waals surface area (Å²) in [7, 11) is -1.81. The third kappa shape index (κ3) is 2.92. The van der Waals surface area contributed by atoms with Gasteiger partial charge in [0, 0.05) is 42.1 Å². The van der Waals surface area contributed by atoms with E-state index in [-0.39, 0.29) is 11.4 Å². The molecule has 0 unspecified atom stereocenters. The van der Waals surface area contributed by atoms with Gasteiger partial charge in [-0.25, -0.2) is 18.4 Å². The lowest BCUT2D eigenvalue weighted by Crippen LogP contribution is -2.37. The van der Waals surface area contributed by atoms with Crippen LogP contribution in [0.25, 0.3) is 22.0 Å². The van der Waals surface area contributed by atoms with Gasteiger partial charge in [0.2, 0.25) is 0 Å². The van der Waals surface area contributed by atoms with E-state index in [0.29, 0.717) is 18.0 Å². The molecule has 0 bridgehead atoms. The number of aromatic nitrogens is 3. The molecule has 146 valence electrons. The van der Waals surface area contributed by atoms with E-state index in [1.807, 2.05) is 42.1 Å². The zero-order chi connectivity index (χ0) is 20.0. The molecule has 0 radical (unpaired) electrons. The molecule has 1 aliphatic rings. The molecule has 4 aromatic rings. The Hall–Kier alpha value is -3.39. The van der Waals surface area contributed by atoms with E-state index in [1.54, 1.807) is 30.6 Å². The van der Waals surface area contributed by atoms with Gasteiger partial charge in [-0.05, 0) is 42.0 Å². The van der Waals surface area contributed by atoms with Crippen molar-refractivity contribution >= 4 is 26.6 Å². The lowest BCUT2D eigenvalue weighted by atomic mass is 10.1. The second-order valence-electron chi connectivity index (χ2n) is 6.88. The molecule has 1 aliphatic heterocycles. The van der Waals surface area contributed by atoms with Gasteiger partial charge in [0.25, 0.3) is 10.0 Å². The van der Waals surface area contributed by atoms with Crippen LogP contribution in [0, 0.1) is 0 Å². The van der Waals surface area contributed by atoms with E-state index in [2.05, 4.69) is 9.97 Å². The van der Waals surface area contributed by atoms with Crippen molar-refractivity contribution in [1.82, 2.24) is 14.5 Å². The Morgan fingerprint density at radius 2 is 1.83 bits per heavy atom. The minimum atomic E-state index is -3.74. The maximum Gasteiger partial charge on any atom is 0.264 e. The van der Waals surface area contributed by atoms with E-state index in [4.69, 9.17) is 4.74 Å². The standard InChI is InChI=1S/C21H18N4O3S/c1-24-7-6-16-10-18(3-4-19(16)24)29(26,27)25-8-9-28-21-5-2-15(11-20(21)25)17-12-22-14-23-13-17/h2-7,10-14H,8-9H2,1H3. The highest BCUT2D eigenvalue weighted by atomic mass is 32.2. The summed E-state index contributed by atoms with van der Waals surface area (Å²) in [5.41, 5.74) is 3.14. The smallest absolute Gasteiger partial charge is 0.264 e. The van der Waals surface area contributed by atoms with Crippen LogP contribution < -0.4 is 9.04 Å². The molecule has 0 amide bonds. The van der Waals surface area contributed by atoms with E-state index in [1.165, 1.54) is 10.6 Å². The summed E-state index contributed by atoms with van der Waals surface area (Å²) in [6.45, 7) is 0.546. The van der Waals surface area contributed by atoms with Crippen molar-refractivity contribution in [3.63, 3.8) is 0 Å². The van der Waals surface area contributed by atoms with E-state index in [0.717, 1.165) is 22.0 Å². The Morgan fingerprint density at radius 1 is 1.00 bits per heavy atom. The predicted octanol–water partition coefficient (Wildman–Crippen LogP) is 3.22. The predicted molar refractivity (Wildman–Crippen MR) is 110 cm³/mol. The number of nitrogens with zero attached hydrogens (tertiary/aromatic N) is 4. The first kappa shape index (κ1) is 17.7. The third-order valence-corrected chi connectivity index (χ3v) is 6.93. The molecule has 0 N–H and O–H groups in total. The second-order valence-corrected chi connectivity index (χ2v) is 8.74. The maximum absolute atomic E-state index is 13.5. The largest absolute Gasteiger partial charge is 0.489 e. The van der Waals surface area contributed by atoms with Crippen LogP contribution in [0.4, 0.5) is 5.69 Å². The van der Waals surface area contributed by atoms with Crippen molar-refractivity contribution in [2.75, 3.05) is 17.5 Å². The van der Waals surface area contributed by atoms with Gasteiger partial charge in [-0.1, -0.05) is 6.07 Å². The summed E-state index contributed by atoms with van der Waals surface area (Å²) in [5.74, 6) is 0.543. The number of rotatable bonds is 3. The van der Waals surface area contributed by atoms with Gasteiger partial charge in [-0.3, -0.25) is 4.31 Å². The van der Waals surface area contributed by atoms with Crippen molar-refractivity contribution in [2.45, 2.75) is 4.90 Å². The van der Waals surface area contributed by atoms with Crippen LogP contribution >= 0.6 is 0 Å². The Labute approximate surface area is 168 Å². The Bertz CT molecular complexity index is 1320. The zero-order valence-corrected chi connectivity index (χ0v) is 16.5. The fourth-order valence-corrected chi connectivity index (χ4v) is 5.10. The van der Waals surface area contributed by atoms with Gasteiger partial charge >= 0.3 is 0 Å². The molecule has 29 heavy (non-hydrogen) atoms. The topological polar surface area (TPSA) is 77.3 Å². The Morgan fingerprint density at radius 3 is 2.66 bits per heavy atom. The fraction of sp³-hybridized carbons (Fsp3) is 0.143. The van der Waals surface area contributed by atoms with Crippen LogP contribution in [-0.2, 0) is 17.1 Å². The fourth-order valence-electron chi connectivity index (χ4n) is 3.62. The van der Waals surface area contributed by atoms with Crippen molar-refractivity contribution in [3.8, 4) is 16.9 Å². The second kappa shape index (κ2) is 6.59. The number of hydrogen-bond acceptors (Lipinski definition) is 5. The Kier molecular flexibility index (Phi) is 4.02. The van der Waals surface area contributed by atoms with Crippen molar-refractivity contribution in [3.05, 3.63) is 67.4 Å². The number of benzene rings is 2. The molecule has 3 heterocycles. The van der Waals surface area contributed by atoms with Gasteiger partial charge in [0.1, 0.15) is 18.7 Å². The monoisotopic (exact) mass is 406 g/mol. The summed E-state index contributed by atoms with van der Waals surface area (Å²) in [4.78, 5) is 8.35. The van der Waals surface area contributed by atoms with Crippen LogP contribution in [-0.4, -0.2) is 36.1 Å². The number of ether oxygens (including phenoxy) is 1. The molecule has 2 aromatic carbocycles. The summed E-state index contributed by atoms with van der Waals surface area (Å²) >= 11 is 0. The lowest BCUT2D eigenvalue weighted by molar-refractivity contribution is 0.316. The molecule has 8 heteroatoms. The average molecular weight is 406 g/mol. The first-order chi connectivity index (χ1) is 14.0. The van der Waals surface area contributed by atoms with Gasteiger partial charge in [0.15, 0.2) is 0 Å². The van der Waals surface area contributed by atoms with Gasteiger partial charge in [-0.2, -0.15) is 0 Å². The van der Waals surface area contributed by atoms with E-state index < -0.39 is 10.0 Å². The van der Waals surface area contributed by atoms with Gasteiger partial charge in [0.05, 0.1) is 17.1 Å². The van der Waals surface area contributed by atoms with Crippen LogP contribution in [0.5, 0.6) is 5.75 Å². The molecule has 0 saturated heterocycles. The highest BCUT2D eigenvalue weighted by Crippen LogP contribution is 2.38. The van der Waals surface area contributed by atoms with E-state index >= 15 is 0 Å². The first-order valence-electron chi connectivity index (χ1n) is 9.14. The average Bonchev–Trinajstić information content (AvgIpc) is 3.13. The minimum Gasteiger partial charge on any atom is -0.489 e. The summed E-state index contributed by atoms with van der Waals surface area (Å²) in [6.07, 6.45) is 6.77. The Balaban J connectivity index is 1.61. The first-order valence-corrected chi connectivity index (χ1v) is 10.6. The van der Waals surface area contributed by atoms with Crippen molar-refractivity contribution in [1.29, 1.82) is 0 Å². The molecule has 5 rings (SSSR count). The lowest BCUT2D eigenvalue weighted by Gasteiger charge is -2.31. The summed E-state index contributed by atoms with van der Waals surface area (Å²) in [5, 5.41) is 0.886. The molecule has 0 spiro atoms. The molecule has 0 fully saturated rings.